The van der Waals surface area contributed by atoms with Crippen LogP contribution in [0.1, 0.15) is 16.7 Å². The fourth-order valence-electron chi connectivity index (χ4n) is 1.64. The summed E-state index contributed by atoms with van der Waals surface area (Å²) in [5.41, 5.74) is -0.0262. The zero-order valence-corrected chi connectivity index (χ0v) is 17.7. The van der Waals surface area contributed by atoms with Crippen LogP contribution in [0.5, 0.6) is 0 Å². The third kappa shape index (κ3) is 4.24. The smallest absolute Gasteiger partial charge is 0.227 e. The average Bonchev–Trinajstić information content (AvgIpc) is 2.34. The van der Waals surface area contributed by atoms with Gasteiger partial charge in [0.05, 0.1) is 0 Å². The molecule has 0 bridgehead atoms. The van der Waals surface area contributed by atoms with Crippen LogP contribution in [0.25, 0.3) is 0 Å². The summed E-state index contributed by atoms with van der Waals surface area (Å²) in [5.74, 6) is 0. The Labute approximate surface area is 177 Å². The van der Waals surface area contributed by atoms with Crippen LogP contribution in [0.15, 0.2) is 18.2 Å². The van der Waals surface area contributed by atoms with Gasteiger partial charge in [0.15, 0.2) is 8.67 Å². The third-order valence-electron chi connectivity index (χ3n) is 2.71. The zero-order valence-electron chi connectivity index (χ0n) is 10.1. The first-order valence-corrected chi connectivity index (χ1v) is 9.06. The lowest BCUT2D eigenvalue weighted by Crippen LogP contribution is -2.33. The molecule has 0 atom stereocenters. The van der Waals surface area contributed by atoms with E-state index in [0.717, 1.165) is 0 Å². The van der Waals surface area contributed by atoms with Crippen molar-refractivity contribution >= 4 is 116 Å². The van der Waals surface area contributed by atoms with Gasteiger partial charge in [0.1, 0.15) is 6.61 Å². The molecule has 0 aliphatic carbocycles. The molecule has 0 amide bonds. The van der Waals surface area contributed by atoms with E-state index in [9.17, 15) is 5.11 Å². The van der Waals surface area contributed by atoms with Crippen LogP contribution < -0.4 is 0 Å². The van der Waals surface area contributed by atoms with Crippen molar-refractivity contribution in [3.05, 3.63) is 34.9 Å². The van der Waals surface area contributed by atoms with E-state index in [1.807, 2.05) is 0 Å². The largest absolute Gasteiger partial charge is 0.232 e. The average molecular weight is 508 g/mol. The normalized spacial score (nSPS) is 14.3. The highest BCUT2D eigenvalue weighted by atomic mass is 35.6. The van der Waals surface area contributed by atoms with Gasteiger partial charge in [0, 0.05) is 0 Å². The van der Waals surface area contributed by atoms with E-state index in [0.29, 0.717) is 0 Å². The maximum absolute atomic E-state index is 11.6. The maximum atomic E-state index is 11.6. The summed E-state index contributed by atoms with van der Waals surface area (Å²) in [5, 5.41) is 11.6. The molecule has 1 radical (unpaired) electrons. The monoisotopic (exact) mass is 503 g/mol. The summed E-state index contributed by atoms with van der Waals surface area (Å²) < 4.78 is -8.38. The van der Waals surface area contributed by atoms with Gasteiger partial charge < -0.3 is 0 Å². The molecular formula is C11H5Cl10O. The molecule has 0 unspecified atom stereocenters. The molecule has 1 aromatic carbocycles. The first-order valence-electron chi connectivity index (χ1n) is 5.28. The summed E-state index contributed by atoms with van der Waals surface area (Å²) in [4.78, 5) is 0. The summed E-state index contributed by atoms with van der Waals surface area (Å²) >= 11 is 59.0. The van der Waals surface area contributed by atoms with Gasteiger partial charge in [-0.15, -0.1) is 0 Å². The predicted octanol–water partition coefficient (Wildman–Crippen LogP) is 7.62. The Morgan fingerprint density at radius 1 is 0.682 bits per heavy atom. The van der Waals surface area contributed by atoms with E-state index >= 15 is 0 Å². The van der Waals surface area contributed by atoms with E-state index in [1.165, 1.54) is 18.2 Å². The molecule has 0 aliphatic rings. The Balaban J connectivity index is 3.66. The maximum Gasteiger partial charge on any atom is 0.227 e. The quantitative estimate of drug-likeness (QED) is 0.375. The standard InChI is InChI=1S/C11H5Cl10O/c12-8(13,10(16,17)18)6-2-1-3-7(5(6)4-22)9(14,15)11(19,20)21/h1-3H,4H2. The van der Waals surface area contributed by atoms with Crippen molar-refractivity contribution in [2.75, 3.05) is 0 Å². The first-order chi connectivity index (χ1) is 9.68. The van der Waals surface area contributed by atoms with Crippen molar-refractivity contribution in [1.82, 2.24) is 0 Å². The highest BCUT2D eigenvalue weighted by molar-refractivity contribution is 6.76. The molecule has 11 heteroatoms. The van der Waals surface area contributed by atoms with Gasteiger partial charge in [-0.25, -0.2) is 5.11 Å². The third-order valence-corrected chi connectivity index (χ3v) is 7.52. The lowest BCUT2D eigenvalue weighted by atomic mass is 9.97. The molecule has 0 N–H and O–H groups in total. The minimum Gasteiger partial charge on any atom is -0.232 e. The van der Waals surface area contributed by atoms with Crippen molar-refractivity contribution in [2.45, 2.75) is 22.9 Å². The number of hydrogen-bond donors (Lipinski definition) is 0. The number of rotatable bonds is 3. The summed E-state index contributed by atoms with van der Waals surface area (Å²) in [6.07, 6.45) is 0. The van der Waals surface area contributed by atoms with Gasteiger partial charge in [0.2, 0.25) is 7.59 Å². The molecule has 0 fully saturated rings. The molecule has 0 aliphatic heterocycles. The summed E-state index contributed by atoms with van der Waals surface area (Å²) in [6.45, 7) is -0.838. The Bertz CT molecular complexity index is 499. The van der Waals surface area contributed by atoms with Crippen LogP contribution in [0, 0.1) is 0 Å². The molecular weight excluding hydrogens is 503 g/mol. The first kappa shape index (κ1) is 22.1. The number of benzene rings is 1. The molecule has 0 heterocycles. The van der Waals surface area contributed by atoms with Gasteiger partial charge in [-0.2, -0.15) is 0 Å². The van der Waals surface area contributed by atoms with Gasteiger partial charge >= 0.3 is 0 Å². The fourth-order valence-corrected chi connectivity index (χ4v) is 2.96. The molecule has 1 rings (SSSR count). The SMILES string of the molecule is [O]Cc1c(C(Cl)(Cl)C(Cl)(Cl)Cl)cccc1C(Cl)(Cl)C(Cl)(Cl)Cl. The molecule has 0 spiro atoms. The lowest BCUT2D eigenvalue weighted by Gasteiger charge is -2.34. The van der Waals surface area contributed by atoms with E-state index in [1.54, 1.807) is 0 Å². The molecule has 22 heavy (non-hydrogen) atoms. The van der Waals surface area contributed by atoms with Gasteiger partial charge in [-0.1, -0.05) is 134 Å². The second kappa shape index (κ2) is 7.37. The van der Waals surface area contributed by atoms with Crippen LogP contribution >= 0.6 is 116 Å². The Hall–Kier alpha value is 2.08. The van der Waals surface area contributed by atoms with Crippen LogP contribution in [0.4, 0.5) is 0 Å². The lowest BCUT2D eigenvalue weighted by molar-refractivity contribution is 0.175. The van der Waals surface area contributed by atoms with Gasteiger partial charge in [-0.05, 0) is 16.7 Å². The second-order valence-corrected chi connectivity index (χ2v) is 11.3. The molecule has 1 aromatic rings. The second-order valence-electron chi connectivity index (χ2n) is 4.12. The molecule has 0 saturated carbocycles. The number of hydrogen-bond acceptors (Lipinski definition) is 0. The Kier molecular flexibility index (Phi) is 7.41. The minimum absolute atomic E-state index is 0.00302. The fraction of sp³-hybridized carbons (Fsp3) is 0.455. The van der Waals surface area contributed by atoms with Crippen molar-refractivity contribution < 1.29 is 5.11 Å². The van der Waals surface area contributed by atoms with Crippen molar-refractivity contribution in [2.24, 2.45) is 0 Å². The van der Waals surface area contributed by atoms with E-state index in [4.69, 9.17) is 116 Å². The highest BCUT2D eigenvalue weighted by Gasteiger charge is 2.52. The van der Waals surface area contributed by atoms with E-state index in [2.05, 4.69) is 0 Å². The number of halogens is 10. The number of alkyl halides is 10. The van der Waals surface area contributed by atoms with Gasteiger partial charge in [0.25, 0.3) is 0 Å². The van der Waals surface area contributed by atoms with Crippen molar-refractivity contribution in [1.29, 1.82) is 0 Å². The van der Waals surface area contributed by atoms with Crippen molar-refractivity contribution in [3.8, 4) is 0 Å². The Morgan fingerprint density at radius 3 is 1.23 bits per heavy atom. The topological polar surface area (TPSA) is 19.9 Å². The van der Waals surface area contributed by atoms with Crippen LogP contribution in [0.3, 0.4) is 0 Å². The molecule has 1 nitrogen and oxygen atoms in total. The van der Waals surface area contributed by atoms with Gasteiger partial charge in [-0.3, -0.25) is 0 Å². The predicted molar refractivity (Wildman–Crippen MR) is 98.2 cm³/mol. The molecule has 0 aromatic heterocycles. The van der Waals surface area contributed by atoms with Crippen LogP contribution in [-0.4, -0.2) is 7.59 Å². The zero-order chi connectivity index (χ0) is 17.6. The molecule has 125 valence electrons. The highest BCUT2D eigenvalue weighted by Crippen LogP contribution is 2.57. The van der Waals surface area contributed by atoms with E-state index in [-0.39, 0.29) is 16.7 Å². The summed E-state index contributed by atoms with van der Waals surface area (Å²) in [7, 11) is 0. The van der Waals surface area contributed by atoms with Crippen LogP contribution in [0.2, 0.25) is 0 Å². The molecule has 0 saturated heterocycles. The summed E-state index contributed by atoms with van der Waals surface area (Å²) in [6, 6.07) is 4.22. The minimum atomic E-state index is -2.14. The van der Waals surface area contributed by atoms with Crippen molar-refractivity contribution in [3.63, 3.8) is 0 Å². The van der Waals surface area contributed by atoms with E-state index < -0.39 is 22.9 Å². The van der Waals surface area contributed by atoms with Crippen LogP contribution in [-0.2, 0) is 20.4 Å². The Morgan fingerprint density at radius 2 is 1.00 bits per heavy atom.